The Kier molecular flexibility index (Phi) is 16.8. The maximum absolute atomic E-state index is 14.7. The zero-order chi connectivity index (χ0) is 47.4. The molecule has 0 saturated heterocycles. The van der Waals surface area contributed by atoms with E-state index in [9.17, 15) is 92.4 Å². The van der Waals surface area contributed by atoms with Gasteiger partial charge in [-0.2, -0.15) is 74.6 Å². The monoisotopic (exact) mass is 935 g/mol. The van der Waals surface area contributed by atoms with Crippen LogP contribution in [-0.2, 0) is 26.2 Å². The van der Waals surface area contributed by atoms with Gasteiger partial charge in [-0.15, -0.1) is 0 Å². The van der Waals surface area contributed by atoms with E-state index in [1.54, 1.807) is 50.2 Å². The SMILES string of the molecule is CCCC(CC(C(=O)OCCC(F)(F)C(F)(F)C(F)(F)C(F)(F)C(F)(F)C(F)(F)C(F)(F)C(F)(F)F)C(CC)c1ccc(C(C)C)cc1)c1cc[n+](CCCS(=O)(=O)[O-])cc1. The standard InChI is InChI=1S/C37H42F17NO5S/c1-5-8-26(24-13-17-55(18-14-24)16-7-20-61(57,58)59)21-28(27(6-2)25-11-9-23(10-12-25)22(3)4)29(56)60-19-15-30(38,39)31(40,41)32(42,43)33(44,45)34(46,47)35(48,49)36(50,51)37(52,53)54/h9-14,17-18,22,26-28H,5-8,15-16,19-21H2,1-4H3. The van der Waals surface area contributed by atoms with Gasteiger partial charge in [0.05, 0.1) is 29.1 Å². The fourth-order valence-corrected chi connectivity index (χ4v) is 6.92. The number of nitrogens with zero attached hydrogens (tertiary/aromatic N) is 1. The van der Waals surface area contributed by atoms with Gasteiger partial charge in [-0.1, -0.05) is 58.4 Å². The van der Waals surface area contributed by atoms with E-state index in [1.807, 2.05) is 13.8 Å². The maximum atomic E-state index is 14.7. The van der Waals surface area contributed by atoms with Crippen molar-refractivity contribution in [1.29, 1.82) is 0 Å². The molecule has 0 aliphatic heterocycles. The highest BCUT2D eigenvalue weighted by Crippen LogP contribution is 2.64. The molecular weight excluding hydrogens is 893 g/mol. The number of aromatic nitrogens is 1. The summed E-state index contributed by atoms with van der Waals surface area (Å²) in [6, 6.07) is 9.79. The molecule has 1 aromatic carbocycles. The predicted octanol–water partition coefficient (Wildman–Crippen LogP) is 11.1. The topological polar surface area (TPSA) is 87.4 Å². The minimum Gasteiger partial charge on any atom is -0.748 e. The molecule has 0 fully saturated rings. The van der Waals surface area contributed by atoms with Gasteiger partial charge >= 0.3 is 53.6 Å². The summed E-state index contributed by atoms with van der Waals surface area (Å²) in [5.74, 6) is -62.3. The van der Waals surface area contributed by atoms with Gasteiger partial charge in [0.25, 0.3) is 0 Å². The first-order chi connectivity index (χ1) is 27.5. The van der Waals surface area contributed by atoms with E-state index < -0.39 is 100 Å². The van der Waals surface area contributed by atoms with Crippen LogP contribution in [0.3, 0.4) is 0 Å². The van der Waals surface area contributed by atoms with Crippen molar-refractivity contribution < 1.29 is 102 Å². The summed E-state index contributed by atoms with van der Waals surface area (Å²) in [5, 5.41) is 0. The predicted molar refractivity (Wildman–Crippen MR) is 181 cm³/mol. The third kappa shape index (κ3) is 11.2. The van der Waals surface area contributed by atoms with E-state index in [0.29, 0.717) is 24.0 Å². The average molecular weight is 936 g/mol. The van der Waals surface area contributed by atoms with Crippen LogP contribution >= 0.6 is 0 Å². The average Bonchev–Trinajstić information content (AvgIpc) is 3.13. The van der Waals surface area contributed by atoms with Crippen molar-refractivity contribution in [1.82, 2.24) is 0 Å². The van der Waals surface area contributed by atoms with Crippen LogP contribution in [0, 0.1) is 5.92 Å². The second-order valence-electron chi connectivity index (χ2n) is 14.7. The smallest absolute Gasteiger partial charge is 0.460 e. The van der Waals surface area contributed by atoms with Crippen LogP contribution in [-0.4, -0.2) is 78.9 Å². The van der Waals surface area contributed by atoms with Gasteiger partial charge in [-0.25, -0.2) is 13.0 Å². The molecule has 0 radical (unpaired) electrons. The second kappa shape index (κ2) is 19.1. The number of hydrogen-bond donors (Lipinski definition) is 0. The van der Waals surface area contributed by atoms with Crippen LogP contribution in [0.2, 0.25) is 0 Å². The minimum atomic E-state index is -8.75. The van der Waals surface area contributed by atoms with Gasteiger partial charge in [0, 0.05) is 24.3 Å². The molecule has 1 aromatic heterocycles. The molecule has 350 valence electrons. The summed E-state index contributed by atoms with van der Waals surface area (Å²) in [6.45, 7) is 5.11. The minimum absolute atomic E-state index is 0.0325. The molecule has 6 nitrogen and oxygen atoms in total. The van der Waals surface area contributed by atoms with Crippen LogP contribution < -0.4 is 4.57 Å². The molecule has 24 heteroatoms. The highest BCUT2D eigenvalue weighted by atomic mass is 32.2. The largest absolute Gasteiger partial charge is 0.748 e. The normalized spacial score (nSPS) is 15.8. The third-order valence-electron chi connectivity index (χ3n) is 10.1. The van der Waals surface area contributed by atoms with Crippen molar-refractivity contribution in [2.45, 2.75) is 138 Å². The molecule has 0 N–H and O–H groups in total. The molecule has 0 saturated carbocycles. The van der Waals surface area contributed by atoms with Gasteiger partial charge in [-0.3, -0.25) is 4.79 Å². The first-order valence-electron chi connectivity index (χ1n) is 18.4. The molecule has 3 atom stereocenters. The molecule has 61 heavy (non-hydrogen) atoms. The number of esters is 1. The number of halogens is 17. The van der Waals surface area contributed by atoms with Crippen LogP contribution in [0.25, 0.3) is 0 Å². The van der Waals surface area contributed by atoms with Crippen molar-refractivity contribution >= 4 is 16.1 Å². The zero-order valence-electron chi connectivity index (χ0n) is 32.6. The first-order valence-corrected chi connectivity index (χ1v) is 20.0. The van der Waals surface area contributed by atoms with Crippen molar-refractivity contribution in [2.75, 3.05) is 12.4 Å². The maximum Gasteiger partial charge on any atom is 0.460 e. The summed E-state index contributed by atoms with van der Waals surface area (Å²) in [7, 11) is -4.49. The Hall–Kier alpha value is -3.44. The van der Waals surface area contributed by atoms with Gasteiger partial charge in [0.2, 0.25) is 0 Å². The Morgan fingerprint density at radius 2 is 1.15 bits per heavy atom. The molecule has 3 unspecified atom stereocenters. The van der Waals surface area contributed by atoms with E-state index in [4.69, 9.17) is 4.74 Å². The van der Waals surface area contributed by atoms with Gasteiger partial charge in [0.15, 0.2) is 12.4 Å². The Balaban J connectivity index is 2.49. The molecule has 0 spiro atoms. The van der Waals surface area contributed by atoms with Crippen molar-refractivity contribution in [3.8, 4) is 0 Å². The van der Waals surface area contributed by atoms with Gasteiger partial charge in [-0.05, 0) is 53.7 Å². The zero-order valence-corrected chi connectivity index (χ0v) is 33.4. The van der Waals surface area contributed by atoms with Gasteiger partial charge < -0.3 is 9.29 Å². The molecule has 0 amide bonds. The number of carbonyl (C=O) groups excluding carboxylic acids is 1. The lowest BCUT2D eigenvalue weighted by molar-refractivity contribution is -0.696. The number of pyridine rings is 1. The van der Waals surface area contributed by atoms with E-state index in [1.165, 1.54) is 17.0 Å². The molecule has 0 bridgehead atoms. The summed E-state index contributed by atoms with van der Waals surface area (Å²) in [4.78, 5) is 13.7. The molecule has 1 heterocycles. The molecule has 2 rings (SSSR count). The van der Waals surface area contributed by atoms with Crippen molar-refractivity contribution in [3.05, 3.63) is 65.5 Å². The Morgan fingerprint density at radius 3 is 1.57 bits per heavy atom. The summed E-state index contributed by atoms with van der Waals surface area (Å²) in [6.07, 6.45) is -7.05. The van der Waals surface area contributed by atoms with Crippen LogP contribution in [0.5, 0.6) is 0 Å². The molecule has 0 aliphatic carbocycles. The van der Waals surface area contributed by atoms with E-state index in [0.717, 1.165) is 5.56 Å². The highest BCUT2D eigenvalue weighted by molar-refractivity contribution is 7.85. The quantitative estimate of drug-likeness (QED) is 0.0479. The lowest BCUT2D eigenvalue weighted by Gasteiger charge is -2.42. The van der Waals surface area contributed by atoms with Gasteiger partial charge in [0.1, 0.15) is 6.54 Å². The Labute approximate surface area is 339 Å². The van der Waals surface area contributed by atoms with E-state index in [-0.39, 0.29) is 31.7 Å². The fourth-order valence-electron chi connectivity index (χ4n) is 6.44. The fraction of sp³-hybridized carbons (Fsp3) is 0.676. The number of alkyl halides is 17. The number of aryl methyl sites for hydroxylation is 1. The Morgan fingerprint density at radius 1 is 0.689 bits per heavy atom. The lowest BCUT2D eigenvalue weighted by Crippen LogP contribution is -2.74. The molecule has 2 aromatic rings. The number of rotatable bonds is 23. The molecular formula is C37H42F17NO5S. The number of carbonyl (C=O) groups is 1. The Bertz CT molecular complexity index is 1850. The number of benzene rings is 1. The van der Waals surface area contributed by atoms with Crippen LogP contribution in [0.4, 0.5) is 74.6 Å². The van der Waals surface area contributed by atoms with Crippen molar-refractivity contribution in [3.63, 3.8) is 0 Å². The summed E-state index contributed by atoms with van der Waals surface area (Å²) < 4.78 is 273. The van der Waals surface area contributed by atoms with E-state index in [2.05, 4.69) is 0 Å². The van der Waals surface area contributed by atoms with Crippen molar-refractivity contribution in [2.24, 2.45) is 5.92 Å². The first kappa shape index (κ1) is 53.7. The highest BCUT2D eigenvalue weighted by Gasteiger charge is 2.95. The van der Waals surface area contributed by atoms with E-state index >= 15 is 0 Å². The lowest BCUT2D eigenvalue weighted by atomic mass is 9.76. The summed E-state index contributed by atoms with van der Waals surface area (Å²) in [5.41, 5.74) is 1.87. The second-order valence-corrected chi connectivity index (χ2v) is 16.2. The van der Waals surface area contributed by atoms with Crippen LogP contribution in [0.15, 0.2) is 48.8 Å². The van der Waals surface area contributed by atoms with Crippen LogP contribution in [0.1, 0.15) is 101 Å². The molecule has 0 aliphatic rings. The summed E-state index contributed by atoms with van der Waals surface area (Å²) >= 11 is 0. The third-order valence-corrected chi connectivity index (χ3v) is 10.9. The number of ether oxygens (including phenoxy) is 1. The number of hydrogen-bond acceptors (Lipinski definition) is 5.